The molecule has 0 radical (unpaired) electrons. The fraction of sp³-hybridized carbons (Fsp3) is 0.462. The van der Waals surface area contributed by atoms with Crippen LogP contribution in [0.25, 0.3) is 22.3 Å². The third kappa shape index (κ3) is 13.5. The van der Waals surface area contributed by atoms with Gasteiger partial charge in [0.25, 0.3) is 11.1 Å². The molecule has 0 spiro atoms. The first-order valence-electron chi connectivity index (χ1n) is 23.5. The standard InChI is InChI=1S/C29H38N4O5Si.C23H28N4O5/c1-19(2)16-33-26-25(27(35)32(7)28(33)36)30-23(24(31-26)18-38-39(8,9)29(4,5)6)15-14-21-12-10-11-13-22(21)17-37-20(3)34;1-14(2)11-27-21-20(22(30)26(4)23(27)31)24-18(19(12-28)25-21)10-9-16-7-5-6-8-17(16)13-32-15(3)29/h10-13,19H,16-18H2,1-9H3;5-8,14,28H,9-13H2,1-4H3. The van der Waals surface area contributed by atoms with Crippen LogP contribution in [-0.2, 0) is 89.9 Å². The van der Waals surface area contributed by atoms with Gasteiger partial charge in [-0.25, -0.2) is 29.5 Å². The van der Waals surface area contributed by atoms with E-state index in [-0.39, 0.29) is 77.6 Å². The Labute approximate surface area is 413 Å². The summed E-state index contributed by atoms with van der Waals surface area (Å²) in [6.07, 6.45) is 0.971. The van der Waals surface area contributed by atoms with Gasteiger partial charge in [-0.1, -0.05) is 96.9 Å². The van der Waals surface area contributed by atoms with E-state index in [2.05, 4.69) is 60.7 Å². The van der Waals surface area contributed by atoms with Crippen LogP contribution in [0.3, 0.4) is 0 Å². The second-order valence-electron chi connectivity index (χ2n) is 19.7. The van der Waals surface area contributed by atoms with Gasteiger partial charge in [-0.3, -0.25) is 37.4 Å². The molecular formula is C52H66N8O10Si. The van der Waals surface area contributed by atoms with Gasteiger partial charge in [-0.05, 0) is 65.9 Å². The van der Waals surface area contributed by atoms with Crippen molar-refractivity contribution in [3.8, 4) is 11.8 Å². The van der Waals surface area contributed by atoms with Crippen LogP contribution in [0.4, 0.5) is 0 Å². The van der Waals surface area contributed by atoms with Crippen molar-refractivity contribution in [1.29, 1.82) is 0 Å². The molecule has 2 aromatic carbocycles. The number of hydrogen-bond donors (Lipinski definition) is 1. The topological polar surface area (TPSA) is 222 Å². The minimum absolute atomic E-state index is 0.0333. The summed E-state index contributed by atoms with van der Waals surface area (Å²) in [6, 6.07) is 14.9. The Morgan fingerprint density at radius 2 is 1.13 bits per heavy atom. The lowest BCUT2D eigenvalue weighted by Crippen LogP contribution is -2.41. The maximum absolute atomic E-state index is 13.1. The normalized spacial score (nSPS) is 11.7. The SMILES string of the molecule is CC(=O)OCc1ccccc1C#Cc1nc2c(=O)n(C)c(=O)n(CC(C)C)c2nc1CO[Si](C)(C)C(C)(C)C.CC(=O)OCc1ccccc1CCc1nc2c(=O)n(C)c(=O)n(CC(C)C)c2nc1CO. The molecule has 0 fully saturated rings. The monoisotopic (exact) mass is 990 g/mol. The van der Waals surface area contributed by atoms with Crippen molar-refractivity contribution in [1.82, 2.24) is 38.2 Å². The number of nitrogens with zero attached hydrogens (tertiary/aromatic N) is 8. The van der Waals surface area contributed by atoms with Gasteiger partial charge in [-0.15, -0.1) is 0 Å². The number of hydrogen-bond acceptors (Lipinski definition) is 14. The molecule has 1 N–H and O–H groups in total. The molecule has 6 aromatic rings. The first-order chi connectivity index (χ1) is 33.3. The van der Waals surface area contributed by atoms with Crippen LogP contribution < -0.4 is 22.5 Å². The van der Waals surface area contributed by atoms with Crippen molar-refractivity contribution >= 4 is 42.6 Å². The molecule has 0 aliphatic carbocycles. The first-order valence-corrected chi connectivity index (χ1v) is 26.4. The summed E-state index contributed by atoms with van der Waals surface area (Å²) >= 11 is 0. The molecule has 0 unspecified atom stereocenters. The van der Waals surface area contributed by atoms with E-state index in [9.17, 15) is 33.9 Å². The second kappa shape index (κ2) is 23.4. The summed E-state index contributed by atoms with van der Waals surface area (Å²) in [5.41, 5.74) is 3.50. The van der Waals surface area contributed by atoms with E-state index < -0.39 is 30.8 Å². The second-order valence-corrected chi connectivity index (χ2v) is 24.5. The molecule has 18 nitrogen and oxygen atoms in total. The average Bonchev–Trinajstić information content (AvgIpc) is 3.31. The van der Waals surface area contributed by atoms with Crippen molar-refractivity contribution in [3.63, 3.8) is 0 Å². The van der Waals surface area contributed by atoms with Gasteiger partial charge in [0.2, 0.25) is 0 Å². The van der Waals surface area contributed by atoms with E-state index in [0.29, 0.717) is 54.3 Å². The number of aliphatic hydroxyl groups excluding tert-OH is 1. The van der Waals surface area contributed by atoms with Crippen molar-refractivity contribution in [2.75, 3.05) is 0 Å². The molecule has 0 aliphatic heterocycles. The van der Waals surface area contributed by atoms with E-state index in [0.717, 1.165) is 25.8 Å². The highest BCUT2D eigenvalue weighted by Crippen LogP contribution is 2.37. The Kier molecular flexibility index (Phi) is 18.1. The zero-order valence-corrected chi connectivity index (χ0v) is 44.1. The number of carbonyl (C=O) groups excluding carboxylic acids is 2. The number of ether oxygens (including phenoxy) is 2. The number of esters is 2. The molecule has 0 amide bonds. The molecule has 71 heavy (non-hydrogen) atoms. The van der Waals surface area contributed by atoms with E-state index in [4.69, 9.17) is 18.9 Å². The molecule has 0 bridgehead atoms. The first kappa shape index (κ1) is 55.0. The van der Waals surface area contributed by atoms with E-state index >= 15 is 0 Å². The third-order valence-corrected chi connectivity index (χ3v) is 16.6. The molecule has 6 rings (SSSR count). The summed E-state index contributed by atoms with van der Waals surface area (Å²) in [5, 5.41) is 9.88. The van der Waals surface area contributed by atoms with Crippen LogP contribution in [0.2, 0.25) is 18.1 Å². The van der Waals surface area contributed by atoms with Gasteiger partial charge >= 0.3 is 23.3 Å². The van der Waals surface area contributed by atoms with E-state index in [1.165, 1.54) is 37.1 Å². The molecule has 4 heterocycles. The van der Waals surface area contributed by atoms with Crippen molar-refractivity contribution in [3.05, 3.63) is 135 Å². The number of aliphatic hydroxyl groups is 1. The van der Waals surface area contributed by atoms with Crippen molar-refractivity contribution < 1.29 is 28.6 Å². The molecular weight excluding hydrogens is 925 g/mol. The highest BCUT2D eigenvalue weighted by molar-refractivity contribution is 6.74. The van der Waals surface area contributed by atoms with Crippen LogP contribution in [0.5, 0.6) is 0 Å². The number of benzene rings is 2. The van der Waals surface area contributed by atoms with Crippen molar-refractivity contribution in [2.45, 2.75) is 133 Å². The maximum atomic E-state index is 13.1. The highest BCUT2D eigenvalue weighted by Gasteiger charge is 2.37. The minimum atomic E-state index is -2.16. The van der Waals surface area contributed by atoms with Crippen molar-refractivity contribution in [2.24, 2.45) is 25.9 Å². The summed E-state index contributed by atoms with van der Waals surface area (Å²) < 4.78 is 21.8. The summed E-state index contributed by atoms with van der Waals surface area (Å²) in [5.74, 6) is 5.75. The van der Waals surface area contributed by atoms with Gasteiger partial charge in [0, 0.05) is 52.2 Å². The molecule has 0 atom stereocenters. The number of carbonyl (C=O) groups is 2. The Bertz CT molecular complexity index is 3260. The molecule has 378 valence electrons. The zero-order chi connectivity index (χ0) is 52.5. The number of fused-ring (bicyclic) bond motifs is 2. The van der Waals surface area contributed by atoms with Gasteiger partial charge in [0.1, 0.15) is 24.6 Å². The maximum Gasteiger partial charge on any atom is 0.332 e. The van der Waals surface area contributed by atoms with E-state index in [1.54, 1.807) is 0 Å². The summed E-state index contributed by atoms with van der Waals surface area (Å²) in [7, 11) is 0.698. The third-order valence-electron chi connectivity index (χ3n) is 12.1. The average molecular weight is 991 g/mol. The molecule has 19 heteroatoms. The van der Waals surface area contributed by atoms with Crippen LogP contribution in [0.15, 0.2) is 67.7 Å². The number of aryl methyl sites for hydroxylation is 2. The molecule has 0 saturated carbocycles. The quantitative estimate of drug-likeness (QED) is 0.0750. The van der Waals surface area contributed by atoms with Gasteiger partial charge in [0.15, 0.2) is 30.6 Å². The smallest absolute Gasteiger partial charge is 0.332 e. The van der Waals surface area contributed by atoms with Crippen LogP contribution in [0.1, 0.15) is 107 Å². The Balaban J connectivity index is 0.000000269. The van der Waals surface area contributed by atoms with Crippen LogP contribution in [0, 0.1) is 23.7 Å². The van der Waals surface area contributed by atoms with E-state index in [1.807, 2.05) is 76.2 Å². The lowest BCUT2D eigenvalue weighted by Gasteiger charge is -2.36. The molecule has 0 saturated heterocycles. The van der Waals surface area contributed by atoms with Gasteiger partial charge < -0.3 is 19.0 Å². The number of rotatable bonds is 15. The molecule has 0 aliphatic rings. The zero-order valence-electron chi connectivity index (χ0n) is 43.1. The summed E-state index contributed by atoms with van der Waals surface area (Å²) in [6.45, 7) is 22.2. The highest BCUT2D eigenvalue weighted by atomic mass is 28.4. The van der Waals surface area contributed by atoms with Gasteiger partial charge in [0.05, 0.1) is 24.6 Å². The van der Waals surface area contributed by atoms with Gasteiger partial charge in [-0.2, -0.15) is 0 Å². The minimum Gasteiger partial charge on any atom is -0.461 e. The predicted molar refractivity (Wildman–Crippen MR) is 273 cm³/mol. The largest absolute Gasteiger partial charge is 0.461 e. The Hall–Kier alpha value is -6.88. The van der Waals surface area contributed by atoms with Crippen LogP contribution >= 0.6 is 0 Å². The fourth-order valence-electron chi connectivity index (χ4n) is 7.15. The fourth-order valence-corrected chi connectivity index (χ4v) is 8.08. The number of aromatic nitrogens is 8. The predicted octanol–water partition coefficient (Wildman–Crippen LogP) is 5.62. The van der Waals surface area contributed by atoms with Crippen LogP contribution in [-0.4, -0.2) is 63.6 Å². The Morgan fingerprint density at radius 1 is 0.648 bits per heavy atom. The lowest BCUT2D eigenvalue weighted by atomic mass is 10.0. The lowest BCUT2D eigenvalue weighted by molar-refractivity contribution is -0.143. The molecule has 4 aromatic heterocycles. The summed E-state index contributed by atoms with van der Waals surface area (Å²) in [4.78, 5) is 92.4. The Morgan fingerprint density at radius 3 is 1.63 bits per heavy atom.